The van der Waals surface area contributed by atoms with E-state index in [4.69, 9.17) is 4.74 Å². The average molecular weight is 253 g/mol. The quantitative estimate of drug-likeness (QED) is 0.827. The van der Waals surface area contributed by atoms with Gasteiger partial charge in [0.1, 0.15) is 0 Å². The summed E-state index contributed by atoms with van der Waals surface area (Å²) in [5.74, 6) is 0.816. The van der Waals surface area contributed by atoms with Gasteiger partial charge in [-0.05, 0) is 43.9 Å². The van der Waals surface area contributed by atoms with Gasteiger partial charge in [0, 0.05) is 19.2 Å². The minimum Gasteiger partial charge on any atom is -0.374 e. The Labute approximate surface area is 113 Å². The van der Waals surface area contributed by atoms with E-state index in [1.807, 2.05) is 0 Å². The van der Waals surface area contributed by atoms with Crippen LogP contribution >= 0.6 is 0 Å². The van der Waals surface area contributed by atoms with Crippen molar-refractivity contribution in [3.63, 3.8) is 0 Å². The van der Waals surface area contributed by atoms with Crippen LogP contribution in [0.25, 0.3) is 0 Å². The molecule has 2 heteroatoms. The second kappa shape index (κ2) is 5.50. The van der Waals surface area contributed by atoms with Crippen molar-refractivity contribution in [2.75, 3.05) is 13.2 Å². The first-order valence-corrected chi connectivity index (χ1v) is 7.78. The molecule has 18 heavy (non-hydrogen) atoms. The summed E-state index contributed by atoms with van der Waals surface area (Å²) >= 11 is 0. The Kier molecular flexibility index (Phi) is 4.38. The molecule has 3 atom stereocenters. The molecule has 1 aliphatic carbocycles. The van der Waals surface area contributed by atoms with E-state index in [0.29, 0.717) is 11.5 Å². The van der Waals surface area contributed by atoms with Gasteiger partial charge in [-0.25, -0.2) is 0 Å². The zero-order valence-electron chi connectivity index (χ0n) is 12.7. The standard InChI is InChI=1S/C16H31NO/c1-15(2,3)13-8-5-6-9-14(13)17-12-16(4)10-7-11-18-16/h13-14,17H,5-12H2,1-4H3. The normalized spacial score (nSPS) is 38.0. The van der Waals surface area contributed by atoms with E-state index in [9.17, 15) is 0 Å². The monoisotopic (exact) mass is 253 g/mol. The van der Waals surface area contributed by atoms with Crippen LogP contribution < -0.4 is 5.32 Å². The van der Waals surface area contributed by atoms with E-state index in [0.717, 1.165) is 19.1 Å². The van der Waals surface area contributed by atoms with E-state index in [1.165, 1.54) is 38.5 Å². The first kappa shape index (κ1) is 14.3. The fraction of sp³-hybridized carbons (Fsp3) is 1.00. The Balaban J connectivity index is 1.89. The van der Waals surface area contributed by atoms with Gasteiger partial charge in [0.05, 0.1) is 5.60 Å². The molecule has 1 saturated heterocycles. The van der Waals surface area contributed by atoms with Crippen molar-refractivity contribution in [1.29, 1.82) is 0 Å². The van der Waals surface area contributed by atoms with E-state index < -0.39 is 0 Å². The lowest BCUT2D eigenvalue weighted by atomic mass is 9.69. The van der Waals surface area contributed by atoms with Crippen LogP contribution in [0.15, 0.2) is 0 Å². The van der Waals surface area contributed by atoms with Gasteiger partial charge in [0.25, 0.3) is 0 Å². The zero-order valence-corrected chi connectivity index (χ0v) is 12.7. The van der Waals surface area contributed by atoms with Crippen LogP contribution in [0.1, 0.15) is 66.2 Å². The summed E-state index contributed by atoms with van der Waals surface area (Å²) in [4.78, 5) is 0. The molecule has 0 aromatic rings. The number of hydrogen-bond acceptors (Lipinski definition) is 2. The van der Waals surface area contributed by atoms with Crippen LogP contribution in [-0.2, 0) is 4.74 Å². The van der Waals surface area contributed by atoms with Gasteiger partial charge in [0.15, 0.2) is 0 Å². The summed E-state index contributed by atoms with van der Waals surface area (Å²) in [6.45, 7) is 11.4. The molecule has 0 bridgehead atoms. The molecule has 2 rings (SSSR count). The van der Waals surface area contributed by atoms with Gasteiger partial charge in [-0.2, -0.15) is 0 Å². The molecule has 3 unspecified atom stereocenters. The minimum absolute atomic E-state index is 0.0971. The Morgan fingerprint density at radius 1 is 1.17 bits per heavy atom. The molecule has 2 fully saturated rings. The molecule has 0 aromatic carbocycles. The molecule has 2 aliphatic rings. The van der Waals surface area contributed by atoms with E-state index in [2.05, 4.69) is 33.0 Å². The van der Waals surface area contributed by atoms with Gasteiger partial charge in [-0.1, -0.05) is 33.6 Å². The van der Waals surface area contributed by atoms with Gasteiger partial charge in [-0.3, -0.25) is 0 Å². The second-order valence-electron chi connectivity index (χ2n) is 7.65. The molecular weight excluding hydrogens is 222 g/mol. The fourth-order valence-electron chi connectivity index (χ4n) is 3.74. The smallest absolute Gasteiger partial charge is 0.0779 e. The molecule has 0 radical (unpaired) electrons. The predicted molar refractivity (Wildman–Crippen MR) is 76.8 cm³/mol. The summed E-state index contributed by atoms with van der Waals surface area (Å²) in [5.41, 5.74) is 0.523. The first-order valence-electron chi connectivity index (χ1n) is 7.78. The minimum atomic E-state index is 0.0971. The highest BCUT2D eigenvalue weighted by Crippen LogP contribution is 2.38. The largest absolute Gasteiger partial charge is 0.374 e. The maximum atomic E-state index is 5.89. The molecule has 0 spiro atoms. The second-order valence-corrected chi connectivity index (χ2v) is 7.65. The molecule has 2 nitrogen and oxygen atoms in total. The molecule has 0 amide bonds. The first-order chi connectivity index (χ1) is 8.41. The summed E-state index contributed by atoms with van der Waals surface area (Å²) in [6.07, 6.45) is 7.98. The van der Waals surface area contributed by atoms with Crippen molar-refractivity contribution in [1.82, 2.24) is 5.32 Å². The van der Waals surface area contributed by atoms with Gasteiger partial charge >= 0.3 is 0 Å². The number of nitrogens with one attached hydrogen (secondary N) is 1. The number of rotatable bonds is 3. The van der Waals surface area contributed by atoms with Crippen LogP contribution in [-0.4, -0.2) is 24.8 Å². The average Bonchev–Trinajstić information content (AvgIpc) is 2.73. The van der Waals surface area contributed by atoms with Crippen molar-refractivity contribution in [3.05, 3.63) is 0 Å². The highest BCUT2D eigenvalue weighted by atomic mass is 16.5. The van der Waals surface area contributed by atoms with Crippen molar-refractivity contribution >= 4 is 0 Å². The SMILES string of the molecule is CC1(CNC2CCCCC2C(C)(C)C)CCCO1. The van der Waals surface area contributed by atoms with E-state index in [-0.39, 0.29) is 5.60 Å². The van der Waals surface area contributed by atoms with Crippen molar-refractivity contribution < 1.29 is 4.74 Å². The Bertz CT molecular complexity index is 263. The van der Waals surface area contributed by atoms with Crippen LogP contribution in [0.3, 0.4) is 0 Å². The van der Waals surface area contributed by atoms with Crippen molar-refractivity contribution in [3.8, 4) is 0 Å². The van der Waals surface area contributed by atoms with Gasteiger partial charge in [0.2, 0.25) is 0 Å². The maximum absolute atomic E-state index is 5.89. The molecular formula is C16H31NO. The lowest BCUT2D eigenvalue weighted by Gasteiger charge is -2.42. The highest BCUT2D eigenvalue weighted by molar-refractivity contribution is 4.91. The van der Waals surface area contributed by atoms with Crippen molar-refractivity contribution in [2.45, 2.75) is 77.9 Å². The van der Waals surface area contributed by atoms with Gasteiger partial charge < -0.3 is 10.1 Å². The zero-order chi connectivity index (χ0) is 13.2. The van der Waals surface area contributed by atoms with Crippen LogP contribution in [0.4, 0.5) is 0 Å². The van der Waals surface area contributed by atoms with Crippen LogP contribution in [0.2, 0.25) is 0 Å². The van der Waals surface area contributed by atoms with Crippen LogP contribution in [0, 0.1) is 11.3 Å². The summed E-state index contributed by atoms with van der Waals surface area (Å²) < 4.78 is 5.89. The highest BCUT2D eigenvalue weighted by Gasteiger charge is 2.36. The number of ether oxygens (including phenoxy) is 1. The maximum Gasteiger partial charge on any atom is 0.0779 e. The Morgan fingerprint density at radius 3 is 2.50 bits per heavy atom. The molecule has 1 heterocycles. The lowest BCUT2D eigenvalue weighted by molar-refractivity contribution is 0.0117. The molecule has 1 aliphatic heterocycles. The Morgan fingerprint density at radius 2 is 1.89 bits per heavy atom. The predicted octanol–water partition coefficient (Wildman–Crippen LogP) is 3.75. The fourth-order valence-corrected chi connectivity index (χ4v) is 3.74. The topological polar surface area (TPSA) is 21.3 Å². The van der Waals surface area contributed by atoms with Crippen LogP contribution in [0.5, 0.6) is 0 Å². The number of hydrogen-bond donors (Lipinski definition) is 1. The Hall–Kier alpha value is -0.0800. The molecule has 1 saturated carbocycles. The molecule has 0 aromatic heterocycles. The third-order valence-electron chi connectivity index (χ3n) is 4.92. The van der Waals surface area contributed by atoms with E-state index >= 15 is 0 Å². The summed E-state index contributed by atoms with van der Waals surface area (Å²) in [5, 5.41) is 3.84. The lowest BCUT2D eigenvalue weighted by Crippen LogP contribution is -2.49. The van der Waals surface area contributed by atoms with E-state index in [1.54, 1.807) is 0 Å². The van der Waals surface area contributed by atoms with Crippen molar-refractivity contribution in [2.24, 2.45) is 11.3 Å². The summed E-state index contributed by atoms with van der Waals surface area (Å²) in [6, 6.07) is 0.694. The molecule has 1 N–H and O–H groups in total. The van der Waals surface area contributed by atoms with Gasteiger partial charge in [-0.15, -0.1) is 0 Å². The third-order valence-corrected chi connectivity index (χ3v) is 4.92. The molecule has 106 valence electrons. The third kappa shape index (κ3) is 3.48. The summed E-state index contributed by atoms with van der Waals surface area (Å²) in [7, 11) is 0.